The first kappa shape index (κ1) is 17.0. The molecule has 0 saturated carbocycles. The molecule has 26 heavy (non-hydrogen) atoms. The third-order valence-corrected chi connectivity index (χ3v) is 5.31. The van der Waals surface area contributed by atoms with Crippen molar-refractivity contribution in [3.8, 4) is 0 Å². The smallest absolute Gasteiger partial charge is 0.255 e. The van der Waals surface area contributed by atoms with Crippen LogP contribution in [0.2, 0.25) is 0 Å². The number of hydrogen-bond acceptors (Lipinski definition) is 3. The van der Waals surface area contributed by atoms with Crippen LogP contribution in [0.1, 0.15) is 28.3 Å². The van der Waals surface area contributed by atoms with Gasteiger partial charge in [0.1, 0.15) is 5.82 Å². The van der Waals surface area contributed by atoms with Crippen molar-refractivity contribution >= 4 is 11.6 Å². The largest absolute Gasteiger partial charge is 0.378 e. The van der Waals surface area contributed by atoms with E-state index in [1.54, 1.807) is 6.07 Å². The number of amides is 1. The molecule has 4 rings (SSSR count). The van der Waals surface area contributed by atoms with E-state index in [1.165, 1.54) is 6.07 Å². The summed E-state index contributed by atoms with van der Waals surface area (Å²) in [7, 11) is 0. The fraction of sp³-hybridized carbons (Fsp3) is 0.381. The standard InChI is InChI=1S/C21H23FN2O2/c22-19-7-3-1-5-17(19)16-9-10-24(15-16)21(25)18-6-2-4-8-20(18)23-11-13-26-14-12-23/h1-8,16H,9-15H2. The van der Waals surface area contributed by atoms with E-state index in [0.717, 1.165) is 30.8 Å². The average Bonchev–Trinajstić information content (AvgIpc) is 3.18. The Balaban J connectivity index is 1.53. The van der Waals surface area contributed by atoms with E-state index >= 15 is 0 Å². The fourth-order valence-corrected chi connectivity index (χ4v) is 3.91. The Hall–Kier alpha value is -2.40. The zero-order valence-corrected chi connectivity index (χ0v) is 14.7. The van der Waals surface area contributed by atoms with Crippen LogP contribution in [0.15, 0.2) is 48.5 Å². The predicted molar refractivity (Wildman–Crippen MR) is 99.1 cm³/mol. The minimum Gasteiger partial charge on any atom is -0.378 e. The van der Waals surface area contributed by atoms with Gasteiger partial charge in [-0.2, -0.15) is 0 Å². The summed E-state index contributed by atoms with van der Waals surface area (Å²) in [5.74, 6) is -0.0813. The van der Waals surface area contributed by atoms with Gasteiger partial charge < -0.3 is 14.5 Å². The molecule has 0 aliphatic carbocycles. The molecule has 2 saturated heterocycles. The summed E-state index contributed by atoms with van der Waals surface area (Å²) in [6.45, 7) is 4.18. The molecule has 4 nitrogen and oxygen atoms in total. The third kappa shape index (κ3) is 3.31. The summed E-state index contributed by atoms with van der Waals surface area (Å²) >= 11 is 0. The van der Waals surface area contributed by atoms with Crippen molar-refractivity contribution < 1.29 is 13.9 Å². The molecule has 136 valence electrons. The predicted octanol–water partition coefficient (Wildman–Crippen LogP) is 3.29. The van der Waals surface area contributed by atoms with Crippen LogP contribution in [0, 0.1) is 5.82 Å². The first-order valence-electron chi connectivity index (χ1n) is 9.19. The molecule has 0 aromatic heterocycles. The summed E-state index contributed by atoms with van der Waals surface area (Å²) in [5.41, 5.74) is 2.41. The highest BCUT2D eigenvalue weighted by Gasteiger charge is 2.31. The van der Waals surface area contributed by atoms with Gasteiger partial charge in [-0.3, -0.25) is 4.79 Å². The number of likely N-dealkylation sites (tertiary alicyclic amines) is 1. The molecule has 2 aliphatic rings. The average molecular weight is 354 g/mol. The number of benzene rings is 2. The fourth-order valence-electron chi connectivity index (χ4n) is 3.91. The van der Waals surface area contributed by atoms with Crippen LogP contribution in [0.4, 0.5) is 10.1 Å². The molecular weight excluding hydrogens is 331 g/mol. The lowest BCUT2D eigenvalue weighted by molar-refractivity contribution is 0.0790. The Bertz CT molecular complexity index is 789. The van der Waals surface area contributed by atoms with E-state index in [-0.39, 0.29) is 17.6 Å². The van der Waals surface area contributed by atoms with Crippen molar-refractivity contribution in [2.45, 2.75) is 12.3 Å². The minimum absolute atomic E-state index is 0.0333. The van der Waals surface area contributed by atoms with Crippen molar-refractivity contribution in [3.63, 3.8) is 0 Å². The number of halogens is 1. The quantitative estimate of drug-likeness (QED) is 0.848. The number of morpholine rings is 1. The Morgan fingerprint density at radius 1 is 1.00 bits per heavy atom. The van der Waals surface area contributed by atoms with E-state index in [0.29, 0.717) is 31.9 Å². The van der Waals surface area contributed by atoms with Crippen molar-refractivity contribution in [1.82, 2.24) is 4.90 Å². The second kappa shape index (κ2) is 7.46. The maximum Gasteiger partial charge on any atom is 0.255 e. The molecule has 0 N–H and O–H groups in total. The van der Waals surface area contributed by atoms with Gasteiger partial charge in [0.05, 0.1) is 18.8 Å². The van der Waals surface area contributed by atoms with E-state index < -0.39 is 0 Å². The van der Waals surface area contributed by atoms with Gasteiger partial charge in [0, 0.05) is 37.8 Å². The summed E-state index contributed by atoms with van der Waals surface area (Å²) in [5, 5.41) is 0. The Morgan fingerprint density at radius 3 is 2.54 bits per heavy atom. The molecule has 0 bridgehead atoms. The van der Waals surface area contributed by atoms with Crippen LogP contribution < -0.4 is 4.90 Å². The summed E-state index contributed by atoms with van der Waals surface area (Å²) in [4.78, 5) is 17.2. The zero-order chi connectivity index (χ0) is 17.9. The van der Waals surface area contributed by atoms with Gasteiger partial charge in [0.25, 0.3) is 5.91 Å². The van der Waals surface area contributed by atoms with Crippen LogP contribution >= 0.6 is 0 Å². The van der Waals surface area contributed by atoms with Crippen LogP contribution in [0.25, 0.3) is 0 Å². The molecule has 1 amide bonds. The first-order valence-corrected chi connectivity index (χ1v) is 9.19. The normalized spacial score (nSPS) is 20.4. The molecular formula is C21H23FN2O2. The van der Waals surface area contributed by atoms with Gasteiger partial charge in [-0.05, 0) is 30.2 Å². The molecule has 1 atom stereocenters. The van der Waals surface area contributed by atoms with Gasteiger partial charge in [0.2, 0.25) is 0 Å². The monoisotopic (exact) mass is 354 g/mol. The van der Waals surface area contributed by atoms with E-state index in [4.69, 9.17) is 4.74 Å². The van der Waals surface area contributed by atoms with Crippen LogP contribution in [-0.4, -0.2) is 50.2 Å². The van der Waals surface area contributed by atoms with E-state index in [2.05, 4.69) is 4.90 Å². The molecule has 0 radical (unpaired) electrons. The van der Waals surface area contributed by atoms with Gasteiger partial charge >= 0.3 is 0 Å². The second-order valence-electron chi connectivity index (χ2n) is 6.87. The van der Waals surface area contributed by atoms with Gasteiger partial charge in [-0.1, -0.05) is 30.3 Å². The summed E-state index contributed by atoms with van der Waals surface area (Å²) < 4.78 is 19.5. The van der Waals surface area contributed by atoms with Crippen molar-refractivity contribution in [1.29, 1.82) is 0 Å². The third-order valence-electron chi connectivity index (χ3n) is 5.31. The van der Waals surface area contributed by atoms with E-state index in [9.17, 15) is 9.18 Å². The Labute approximate surface area is 153 Å². The molecule has 2 fully saturated rings. The molecule has 5 heteroatoms. The first-order chi connectivity index (χ1) is 12.7. The molecule has 2 aromatic rings. The topological polar surface area (TPSA) is 32.8 Å². The maximum absolute atomic E-state index is 14.1. The minimum atomic E-state index is -0.180. The lowest BCUT2D eigenvalue weighted by Crippen LogP contribution is -2.38. The summed E-state index contributed by atoms with van der Waals surface area (Å²) in [6, 6.07) is 14.6. The number of rotatable bonds is 3. The van der Waals surface area contributed by atoms with Gasteiger partial charge in [0.15, 0.2) is 0 Å². The number of para-hydroxylation sites is 1. The van der Waals surface area contributed by atoms with Crippen LogP contribution in [0.5, 0.6) is 0 Å². The second-order valence-corrected chi connectivity index (χ2v) is 6.87. The number of nitrogens with zero attached hydrogens (tertiary/aromatic N) is 2. The molecule has 1 unspecified atom stereocenters. The molecule has 2 heterocycles. The highest BCUT2D eigenvalue weighted by Crippen LogP contribution is 2.31. The zero-order valence-electron chi connectivity index (χ0n) is 14.7. The van der Waals surface area contributed by atoms with Gasteiger partial charge in [-0.15, -0.1) is 0 Å². The highest BCUT2D eigenvalue weighted by molar-refractivity contribution is 6.00. The Morgan fingerprint density at radius 2 is 1.73 bits per heavy atom. The molecule has 0 spiro atoms. The van der Waals surface area contributed by atoms with Crippen molar-refractivity contribution in [2.24, 2.45) is 0 Å². The maximum atomic E-state index is 14.1. The lowest BCUT2D eigenvalue weighted by Gasteiger charge is -2.31. The lowest BCUT2D eigenvalue weighted by atomic mass is 9.98. The number of carbonyl (C=O) groups is 1. The number of ether oxygens (including phenoxy) is 1. The SMILES string of the molecule is O=C(c1ccccc1N1CCOCC1)N1CCC(c2ccccc2F)C1. The van der Waals surface area contributed by atoms with Crippen LogP contribution in [-0.2, 0) is 4.74 Å². The van der Waals surface area contributed by atoms with Crippen molar-refractivity contribution in [3.05, 3.63) is 65.5 Å². The van der Waals surface area contributed by atoms with Crippen molar-refractivity contribution in [2.75, 3.05) is 44.3 Å². The van der Waals surface area contributed by atoms with E-state index in [1.807, 2.05) is 41.3 Å². The molecule has 2 aliphatic heterocycles. The Kier molecular flexibility index (Phi) is 4.89. The molecule has 2 aromatic carbocycles. The van der Waals surface area contributed by atoms with Gasteiger partial charge in [-0.25, -0.2) is 4.39 Å². The number of anilines is 1. The number of carbonyl (C=O) groups excluding carboxylic acids is 1. The summed E-state index contributed by atoms with van der Waals surface area (Å²) in [6.07, 6.45) is 0.798. The highest BCUT2D eigenvalue weighted by atomic mass is 19.1. The van der Waals surface area contributed by atoms with Crippen LogP contribution in [0.3, 0.4) is 0 Å². The number of hydrogen-bond donors (Lipinski definition) is 0.